The molecule has 0 aromatic heterocycles. The molecule has 1 fully saturated rings. The zero-order valence-corrected chi connectivity index (χ0v) is 23.7. The molecule has 1 heterocycles. The molecule has 1 aliphatic heterocycles. The smallest absolute Gasteiger partial charge is 0.262 e. The number of para-hydroxylation sites is 1. The summed E-state index contributed by atoms with van der Waals surface area (Å²) < 4.78 is 5.56. The molecule has 4 N–H and O–H groups in total. The lowest BCUT2D eigenvalue weighted by Crippen LogP contribution is -2.46. The minimum atomic E-state index is -0.798. The number of nitrogens with one attached hydrogen (secondary N) is 3. The SMILES string of the molecule is O=C1COc2c(cccc2[C@@H](O)CNCCN(C(=O)CCNCCc2ccc(Cl)c(Cl)c2)C2CCCCC2)N1. The van der Waals surface area contributed by atoms with Crippen LogP contribution in [0.5, 0.6) is 5.75 Å². The van der Waals surface area contributed by atoms with Gasteiger partial charge in [-0.05, 0) is 49.6 Å². The Morgan fingerprint density at radius 2 is 1.90 bits per heavy atom. The Morgan fingerprint density at radius 1 is 1.08 bits per heavy atom. The molecular formula is C29H38Cl2N4O4. The zero-order valence-electron chi connectivity index (χ0n) is 22.2. The number of ether oxygens (including phenoxy) is 1. The van der Waals surface area contributed by atoms with E-state index < -0.39 is 6.10 Å². The molecule has 10 heteroatoms. The van der Waals surface area contributed by atoms with E-state index in [-0.39, 0.29) is 24.5 Å². The maximum atomic E-state index is 13.2. The van der Waals surface area contributed by atoms with Crippen LogP contribution in [-0.4, -0.2) is 67.2 Å². The number of nitrogens with zero attached hydrogens (tertiary/aromatic N) is 1. The topological polar surface area (TPSA) is 103 Å². The van der Waals surface area contributed by atoms with Gasteiger partial charge in [0, 0.05) is 44.2 Å². The van der Waals surface area contributed by atoms with Crippen molar-refractivity contribution in [3.63, 3.8) is 0 Å². The Balaban J connectivity index is 1.22. The number of fused-ring (bicyclic) bond motifs is 1. The highest BCUT2D eigenvalue weighted by Gasteiger charge is 2.25. The highest BCUT2D eigenvalue weighted by atomic mass is 35.5. The van der Waals surface area contributed by atoms with Crippen LogP contribution in [0.15, 0.2) is 36.4 Å². The highest BCUT2D eigenvalue weighted by molar-refractivity contribution is 6.42. The molecule has 0 saturated heterocycles. The Hall–Kier alpha value is -2.36. The molecule has 39 heavy (non-hydrogen) atoms. The van der Waals surface area contributed by atoms with Gasteiger partial charge in [-0.1, -0.05) is 60.7 Å². The molecule has 1 saturated carbocycles. The molecule has 0 bridgehead atoms. The fraction of sp³-hybridized carbons (Fsp3) is 0.517. The van der Waals surface area contributed by atoms with E-state index in [1.54, 1.807) is 24.3 Å². The fourth-order valence-corrected chi connectivity index (χ4v) is 5.57. The maximum absolute atomic E-state index is 13.2. The van der Waals surface area contributed by atoms with Gasteiger partial charge in [-0.15, -0.1) is 0 Å². The summed E-state index contributed by atoms with van der Waals surface area (Å²) in [6.07, 6.45) is 6.06. The Morgan fingerprint density at radius 3 is 2.69 bits per heavy atom. The zero-order chi connectivity index (χ0) is 27.6. The molecule has 8 nitrogen and oxygen atoms in total. The van der Waals surface area contributed by atoms with Crippen LogP contribution in [0, 0.1) is 0 Å². The molecule has 2 amide bonds. The van der Waals surface area contributed by atoms with Crippen LogP contribution in [0.4, 0.5) is 5.69 Å². The first kappa shape index (κ1) is 29.6. The van der Waals surface area contributed by atoms with E-state index in [0.717, 1.165) is 44.2 Å². The van der Waals surface area contributed by atoms with E-state index in [2.05, 4.69) is 16.0 Å². The van der Waals surface area contributed by atoms with Crippen LogP contribution in [-0.2, 0) is 16.0 Å². The first-order valence-corrected chi connectivity index (χ1v) is 14.6. The number of amides is 2. The summed E-state index contributed by atoms with van der Waals surface area (Å²) in [6.45, 7) is 2.80. The average Bonchev–Trinajstić information content (AvgIpc) is 2.94. The predicted octanol–water partition coefficient (Wildman–Crippen LogP) is 4.33. The number of hydrogen-bond donors (Lipinski definition) is 4. The number of rotatable bonds is 13. The van der Waals surface area contributed by atoms with E-state index in [9.17, 15) is 14.7 Å². The van der Waals surface area contributed by atoms with E-state index in [4.69, 9.17) is 27.9 Å². The number of hydrogen-bond acceptors (Lipinski definition) is 6. The number of aliphatic hydroxyl groups excluding tert-OH is 1. The van der Waals surface area contributed by atoms with Gasteiger partial charge in [0.2, 0.25) is 5.91 Å². The second-order valence-corrected chi connectivity index (χ2v) is 11.0. The quantitative estimate of drug-likeness (QED) is 0.265. The van der Waals surface area contributed by atoms with Crippen molar-refractivity contribution in [2.75, 3.05) is 44.6 Å². The number of carbonyl (C=O) groups is 2. The summed E-state index contributed by atoms with van der Waals surface area (Å²) in [6, 6.07) is 11.3. The summed E-state index contributed by atoms with van der Waals surface area (Å²) in [4.78, 5) is 26.8. The molecule has 0 unspecified atom stereocenters. The van der Waals surface area contributed by atoms with Gasteiger partial charge in [0.05, 0.1) is 21.8 Å². The van der Waals surface area contributed by atoms with E-state index in [1.165, 1.54) is 6.42 Å². The van der Waals surface area contributed by atoms with Gasteiger partial charge in [0.25, 0.3) is 5.91 Å². The van der Waals surface area contributed by atoms with Crippen molar-refractivity contribution >= 4 is 40.7 Å². The van der Waals surface area contributed by atoms with Crippen LogP contribution in [0.3, 0.4) is 0 Å². The summed E-state index contributed by atoms with van der Waals surface area (Å²) in [5, 5.41) is 21.3. The molecule has 1 atom stereocenters. The summed E-state index contributed by atoms with van der Waals surface area (Å²) in [5.74, 6) is 0.464. The van der Waals surface area contributed by atoms with Crippen molar-refractivity contribution in [3.05, 3.63) is 57.6 Å². The third-order valence-electron chi connectivity index (χ3n) is 7.32. The van der Waals surface area contributed by atoms with Crippen molar-refractivity contribution in [2.24, 2.45) is 0 Å². The van der Waals surface area contributed by atoms with Gasteiger partial charge in [-0.25, -0.2) is 0 Å². The van der Waals surface area contributed by atoms with Gasteiger partial charge < -0.3 is 30.7 Å². The van der Waals surface area contributed by atoms with Crippen molar-refractivity contribution in [1.82, 2.24) is 15.5 Å². The minimum absolute atomic E-state index is 0.0625. The van der Waals surface area contributed by atoms with Gasteiger partial charge in [-0.3, -0.25) is 9.59 Å². The second kappa shape index (κ2) is 14.9. The average molecular weight is 578 g/mol. The Bertz CT molecular complexity index is 1130. The Kier molecular flexibility index (Phi) is 11.3. The molecule has 212 valence electrons. The van der Waals surface area contributed by atoms with Crippen molar-refractivity contribution in [1.29, 1.82) is 0 Å². The summed E-state index contributed by atoms with van der Waals surface area (Å²) in [5.41, 5.74) is 2.31. The molecule has 2 aromatic carbocycles. The monoisotopic (exact) mass is 576 g/mol. The van der Waals surface area contributed by atoms with Crippen LogP contribution in [0.2, 0.25) is 10.0 Å². The largest absolute Gasteiger partial charge is 0.481 e. The predicted molar refractivity (Wildman–Crippen MR) is 155 cm³/mol. The lowest BCUT2D eigenvalue weighted by molar-refractivity contribution is -0.134. The van der Waals surface area contributed by atoms with E-state index in [0.29, 0.717) is 59.6 Å². The molecule has 4 rings (SSSR count). The van der Waals surface area contributed by atoms with Crippen molar-refractivity contribution in [3.8, 4) is 5.75 Å². The van der Waals surface area contributed by atoms with E-state index in [1.807, 2.05) is 17.0 Å². The third-order valence-corrected chi connectivity index (χ3v) is 8.06. The van der Waals surface area contributed by atoms with Gasteiger partial charge >= 0.3 is 0 Å². The van der Waals surface area contributed by atoms with E-state index >= 15 is 0 Å². The number of carbonyl (C=O) groups excluding carboxylic acids is 2. The lowest BCUT2D eigenvalue weighted by atomic mass is 9.94. The first-order valence-electron chi connectivity index (χ1n) is 13.8. The number of aliphatic hydroxyl groups is 1. The number of anilines is 1. The molecule has 2 aromatic rings. The third kappa shape index (κ3) is 8.56. The summed E-state index contributed by atoms with van der Waals surface area (Å²) >= 11 is 12.1. The second-order valence-electron chi connectivity index (χ2n) is 10.2. The normalized spacial score (nSPS) is 16.2. The van der Waals surface area contributed by atoms with Gasteiger partial charge in [0.15, 0.2) is 6.61 Å². The van der Waals surface area contributed by atoms with Crippen LogP contribution >= 0.6 is 23.2 Å². The van der Waals surface area contributed by atoms with Crippen molar-refractivity contribution in [2.45, 2.75) is 57.1 Å². The lowest BCUT2D eigenvalue weighted by Gasteiger charge is -2.35. The highest BCUT2D eigenvalue weighted by Crippen LogP contribution is 2.35. The minimum Gasteiger partial charge on any atom is -0.481 e. The molecular weight excluding hydrogens is 539 g/mol. The van der Waals surface area contributed by atoms with Gasteiger partial charge in [0.1, 0.15) is 5.75 Å². The fourth-order valence-electron chi connectivity index (χ4n) is 5.24. The Labute approximate surface area is 240 Å². The van der Waals surface area contributed by atoms with Crippen LogP contribution < -0.4 is 20.7 Å². The standard InChI is InChI=1S/C29H38Cl2N4O4/c30-23-10-9-20(17-24(23)31)11-13-32-14-12-28(38)35(21-5-2-1-3-6-21)16-15-33-18-26(36)22-7-4-8-25-29(22)39-19-27(37)34-25/h4,7-10,17,21,26,32-33,36H,1-3,5-6,11-16,18-19H2,(H,34,37)/t26-/m0/s1. The molecule has 0 radical (unpaired) electrons. The molecule has 0 spiro atoms. The molecule has 2 aliphatic rings. The number of halogens is 2. The summed E-state index contributed by atoms with van der Waals surface area (Å²) in [7, 11) is 0. The first-order chi connectivity index (χ1) is 18.9. The van der Waals surface area contributed by atoms with Crippen LogP contribution in [0.25, 0.3) is 0 Å². The van der Waals surface area contributed by atoms with Gasteiger partial charge in [-0.2, -0.15) is 0 Å². The maximum Gasteiger partial charge on any atom is 0.262 e. The molecule has 1 aliphatic carbocycles. The van der Waals surface area contributed by atoms with Crippen molar-refractivity contribution < 1.29 is 19.4 Å². The number of benzene rings is 2. The van der Waals surface area contributed by atoms with Crippen LogP contribution in [0.1, 0.15) is 55.8 Å².